The van der Waals surface area contributed by atoms with Crippen molar-refractivity contribution in [3.8, 4) is 11.5 Å². The fourth-order valence-corrected chi connectivity index (χ4v) is 3.36. The van der Waals surface area contributed by atoms with Crippen LogP contribution in [0.25, 0.3) is 5.70 Å². The monoisotopic (exact) mass is 386 g/mol. The van der Waals surface area contributed by atoms with Crippen molar-refractivity contribution in [1.29, 1.82) is 0 Å². The fraction of sp³-hybridized carbons (Fsp3) is 0.200. The van der Waals surface area contributed by atoms with Crippen LogP contribution in [0.1, 0.15) is 24.1 Å². The molecule has 0 aromatic heterocycles. The van der Waals surface area contributed by atoms with Gasteiger partial charge in [0.1, 0.15) is 0 Å². The van der Waals surface area contributed by atoms with Gasteiger partial charge in [0.05, 0.1) is 31.0 Å². The van der Waals surface area contributed by atoms with Gasteiger partial charge in [0, 0.05) is 17.2 Å². The predicted molar refractivity (Wildman–Crippen MR) is 103 cm³/mol. The molecule has 1 atom stereocenters. The zero-order chi connectivity index (χ0) is 19.6. The van der Waals surface area contributed by atoms with E-state index < -0.39 is 12.1 Å². The van der Waals surface area contributed by atoms with Gasteiger partial charge in [0.15, 0.2) is 17.3 Å². The third-order valence-corrected chi connectivity index (χ3v) is 4.65. The number of amides is 2. The molecule has 2 aromatic carbocycles. The van der Waals surface area contributed by atoms with E-state index in [0.29, 0.717) is 33.4 Å². The van der Waals surface area contributed by atoms with E-state index in [-0.39, 0.29) is 5.78 Å². The van der Waals surface area contributed by atoms with E-state index >= 15 is 0 Å². The molecular formula is C20H19ClN2O4. The minimum absolute atomic E-state index is 0.183. The van der Waals surface area contributed by atoms with Gasteiger partial charge in [-0.15, -0.1) is 0 Å². The Kier molecular flexibility index (Phi) is 5.37. The van der Waals surface area contributed by atoms with Crippen molar-refractivity contribution in [2.24, 2.45) is 0 Å². The van der Waals surface area contributed by atoms with Gasteiger partial charge < -0.3 is 20.1 Å². The van der Waals surface area contributed by atoms with Crippen molar-refractivity contribution in [3.63, 3.8) is 0 Å². The highest BCUT2D eigenvalue weighted by atomic mass is 35.5. The summed E-state index contributed by atoms with van der Waals surface area (Å²) in [6.45, 7) is 1.46. The van der Waals surface area contributed by atoms with E-state index in [9.17, 15) is 9.59 Å². The molecule has 1 aliphatic heterocycles. The van der Waals surface area contributed by atoms with E-state index in [1.54, 1.807) is 12.1 Å². The summed E-state index contributed by atoms with van der Waals surface area (Å²) in [5, 5.41) is 5.88. The zero-order valence-electron chi connectivity index (χ0n) is 15.1. The van der Waals surface area contributed by atoms with Gasteiger partial charge in [-0.1, -0.05) is 41.9 Å². The molecule has 0 radical (unpaired) electrons. The van der Waals surface area contributed by atoms with E-state index in [4.69, 9.17) is 21.1 Å². The zero-order valence-corrected chi connectivity index (χ0v) is 15.9. The van der Waals surface area contributed by atoms with Gasteiger partial charge in [0.25, 0.3) is 0 Å². The minimum atomic E-state index is -0.723. The Morgan fingerprint density at radius 3 is 2.30 bits per heavy atom. The number of hydrogen-bond acceptors (Lipinski definition) is 4. The van der Waals surface area contributed by atoms with E-state index in [1.807, 2.05) is 30.3 Å². The summed E-state index contributed by atoms with van der Waals surface area (Å²) in [5.41, 5.74) is 2.15. The molecule has 1 heterocycles. The SMILES string of the molecule is COc1cc(Cl)c(C2NC(=O)NC(c3ccccc3)=C2C(C)=O)cc1OC. The highest BCUT2D eigenvalue weighted by Gasteiger charge is 2.33. The number of Topliss-reactive ketones (excluding diaryl/α,β-unsaturated/α-hetero) is 1. The molecule has 0 bridgehead atoms. The van der Waals surface area contributed by atoms with Crippen molar-refractivity contribution >= 4 is 29.1 Å². The lowest BCUT2D eigenvalue weighted by molar-refractivity contribution is -0.113. The van der Waals surface area contributed by atoms with Crippen LogP contribution in [0.5, 0.6) is 11.5 Å². The second kappa shape index (κ2) is 7.72. The number of methoxy groups -OCH3 is 2. The average molecular weight is 387 g/mol. The van der Waals surface area contributed by atoms with Crippen molar-refractivity contribution < 1.29 is 19.1 Å². The number of nitrogens with one attached hydrogen (secondary N) is 2. The number of urea groups is 1. The van der Waals surface area contributed by atoms with Crippen LogP contribution in [0.3, 0.4) is 0 Å². The van der Waals surface area contributed by atoms with E-state index in [1.165, 1.54) is 21.1 Å². The first-order chi connectivity index (χ1) is 13.0. The van der Waals surface area contributed by atoms with Crippen LogP contribution in [0.2, 0.25) is 5.02 Å². The Hall–Kier alpha value is -2.99. The van der Waals surface area contributed by atoms with Gasteiger partial charge >= 0.3 is 6.03 Å². The molecule has 6 nitrogen and oxygen atoms in total. The molecule has 2 amide bonds. The van der Waals surface area contributed by atoms with Gasteiger partial charge in [-0.05, 0) is 18.6 Å². The van der Waals surface area contributed by atoms with E-state index in [0.717, 1.165) is 5.56 Å². The smallest absolute Gasteiger partial charge is 0.320 e. The number of ketones is 1. The lowest BCUT2D eigenvalue weighted by atomic mass is 9.90. The number of carbonyl (C=O) groups is 2. The van der Waals surface area contributed by atoms with Crippen LogP contribution in [-0.2, 0) is 4.79 Å². The molecule has 2 N–H and O–H groups in total. The summed E-state index contributed by atoms with van der Waals surface area (Å²) in [4.78, 5) is 24.8. The molecule has 0 saturated heterocycles. The van der Waals surface area contributed by atoms with Crippen LogP contribution >= 0.6 is 11.6 Å². The number of halogens is 1. The number of carbonyl (C=O) groups excluding carboxylic acids is 2. The van der Waals surface area contributed by atoms with Gasteiger partial charge in [0.2, 0.25) is 0 Å². The minimum Gasteiger partial charge on any atom is -0.493 e. The highest BCUT2D eigenvalue weighted by Crippen LogP contribution is 2.40. The first kappa shape index (κ1) is 18.8. The molecule has 0 fully saturated rings. The normalized spacial score (nSPS) is 16.4. The number of hydrogen-bond donors (Lipinski definition) is 2. The van der Waals surface area contributed by atoms with Crippen LogP contribution in [-0.4, -0.2) is 26.0 Å². The summed E-state index contributed by atoms with van der Waals surface area (Å²) in [5.74, 6) is 0.731. The Morgan fingerprint density at radius 1 is 1.07 bits per heavy atom. The van der Waals surface area contributed by atoms with Crippen molar-refractivity contribution in [1.82, 2.24) is 10.6 Å². The molecule has 2 aromatic rings. The predicted octanol–water partition coefficient (Wildman–Crippen LogP) is 3.71. The maximum Gasteiger partial charge on any atom is 0.320 e. The molecule has 3 rings (SSSR count). The number of benzene rings is 2. The Balaban J connectivity index is 2.22. The molecular weight excluding hydrogens is 368 g/mol. The summed E-state index contributed by atoms with van der Waals surface area (Å²) in [6.07, 6.45) is 0. The first-order valence-corrected chi connectivity index (χ1v) is 8.63. The Labute approximate surface area is 162 Å². The van der Waals surface area contributed by atoms with Gasteiger partial charge in [-0.25, -0.2) is 4.79 Å². The Bertz CT molecular complexity index is 925. The second-order valence-corrected chi connectivity index (χ2v) is 6.38. The summed E-state index contributed by atoms with van der Waals surface area (Å²) >= 11 is 6.44. The lowest BCUT2D eigenvalue weighted by Gasteiger charge is -2.30. The van der Waals surface area contributed by atoms with Crippen LogP contribution in [0.15, 0.2) is 48.0 Å². The molecule has 0 saturated carbocycles. The van der Waals surface area contributed by atoms with Crippen LogP contribution < -0.4 is 20.1 Å². The fourth-order valence-electron chi connectivity index (χ4n) is 3.10. The molecule has 1 unspecified atom stereocenters. The summed E-state index contributed by atoms with van der Waals surface area (Å²) in [7, 11) is 3.02. The van der Waals surface area contributed by atoms with Crippen molar-refractivity contribution in [2.45, 2.75) is 13.0 Å². The molecule has 140 valence electrons. The maximum atomic E-state index is 12.5. The van der Waals surface area contributed by atoms with E-state index in [2.05, 4.69) is 10.6 Å². The lowest BCUT2D eigenvalue weighted by Crippen LogP contribution is -2.44. The number of rotatable bonds is 5. The van der Waals surface area contributed by atoms with Gasteiger partial charge in [-0.3, -0.25) is 4.79 Å². The third kappa shape index (κ3) is 3.61. The largest absolute Gasteiger partial charge is 0.493 e. The van der Waals surface area contributed by atoms with Gasteiger partial charge in [-0.2, -0.15) is 0 Å². The summed E-state index contributed by atoms with van der Waals surface area (Å²) < 4.78 is 10.6. The molecule has 7 heteroatoms. The molecule has 27 heavy (non-hydrogen) atoms. The quantitative estimate of drug-likeness (QED) is 0.821. The highest BCUT2D eigenvalue weighted by molar-refractivity contribution is 6.31. The molecule has 0 spiro atoms. The number of ether oxygens (including phenoxy) is 2. The summed E-state index contributed by atoms with van der Waals surface area (Å²) in [6, 6.07) is 11.3. The van der Waals surface area contributed by atoms with Crippen molar-refractivity contribution in [3.05, 3.63) is 64.2 Å². The third-order valence-electron chi connectivity index (χ3n) is 4.33. The maximum absolute atomic E-state index is 12.5. The molecule has 0 aliphatic carbocycles. The molecule has 1 aliphatic rings. The Morgan fingerprint density at radius 2 is 1.70 bits per heavy atom. The second-order valence-electron chi connectivity index (χ2n) is 5.97. The standard InChI is InChI=1S/C20H19ClN2O4/c1-11(24)17-18(12-7-5-4-6-8-12)22-20(25)23-19(17)13-9-15(26-2)16(27-3)10-14(13)21/h4-10,19H,1-3H3,(H2,22,23,25). The topological polar surface area (TPSA) is 76.7 Å². The average Bonchev–Trinajstić information content (AvgIpc) is 2.67. The first-order valence-electron chi connectivity index (χ1n) is 8.25. The van der Waals surface area contributed by atoms with Crippen molar-refractivity contribution in [2.75, 3.05) is 14.2 Å². The van der Waals surface area contributed by atoms with Crippen LogP contribution in [0, 0.1) is 0 Å². The van der Waals surface area contributed by atoms with Crippen LogP contribution in [0.4, 0.5) is 4.79 Å².